The van der Waals surface area contributed by atoms with Crippen molar-refractivity contribution in [2.24, 2.45) is 0 Å². The molecule has 3 rings (SSSR count). The van der Waals surface area contributed by atoms with Gasteiger partial charge >= 0.3 is 0 Å². The van der Waals surface area contributed by atoms with Crippen molar-refractivity contribution >= 4 is 39.1 Å². The molecule has 8 nitrogen and oxygen atoms in total. The van der Waals surface area contributed by atoms with E-state index in [1.165, 1.54) is 49.0 Å². The number of anilines is 1. The first-order valence-electron chi connectivity index (χ1n) is 8.98. The van der Waals surface area contributed by atoms with Gasteiger partial charge in [-0.2, -0.15) is 0 Å². The number of thioether (sulfide) groups is 1. The van der Waals surface area contributed by atoms with Gasteiger partial charge in [-0.3, -0.25) is 19.6 Å². The Morgan fingerprint density at radius 3 is 2.52 bits per heavy atom. The van der Waals surface area contributed by atoms with Gasteiger partial charge in [0.1, 0.15) is 0 Å². The van der Waals surface area contributed by atoms with E-state index in [9.17, 15) is 23.3 Å². The molecule has 0 spiro atoms. The summed E-state index contributed by atoms with van der Waals surface area (Å²) in [6.45, 7) is 2.80. The fraction of sp³-hybridized carbons (Fsp3) is 0.316. The third kappa shape index (κ3) is 4.38. The van der Waals surface area contributed by atoms with Crippen molar-refractivity contribution < 1.29 is 18.1 Å². The minimum Gasteiger partial charge on any atom is -0.339 e. The van der Waals surface area contributed by atoms with Crippen LogP contribution in [0.2, 0.25) is 0 Å². The van der Waals surface area contributed by atoms with E-state index in [0.29, 0.717) is 23.5 Å². The largest absolute Gasteiger partial charge is 0.339 e. The first kappa shape index (κ1) is 21.1. The molecule has 0 bridgehead atoms. The van der Waals surface area contributed by atoms with Gasteiger partial charge < -0.3 is 4.90 Å². The van der Waals surface area contributed by atoms with Gasteiger partial charge in [-0.1, -0.05) is 6.07 Å². The molecule has 10 heteroatoms. The lowest BCUT2D eigenvalue weighted by Crippen LogP contribution is -2.28. The average Bonchev–Trinajstić information content (AvgIpc) is 3.23. The Morgan fingerprint density at radius 2 is 1.90 bits per heavy atom. The molecule has 1 N–H and O–H groups in total. The Hall–Kier alpha value is -2.59. The number of hydrogen-bond donors (Lipinski definition) is 1. The van der Waals surface area contributed by atoms with Crippen molar-refractivity contribution in [3.63, 3.8) is 0 Å². The van der Waals surface area contributed by atoms with Gasteiger partial charge in [0.15, 0.2) is 0 Å². The number of nitrogens with one attached hydrogen (secondary N) is 1. The Balaban J connectivity index is 1.97. The number of nitro groups is 1. The molecule has 1 fully saturated rings. The van der Waals surface area contributed by atoms with Crippen LogP contribution in [0.5, 0.6) is 0 Å². The number of rotatable bonds is 6. The number of carbonyl (C=O) groups excluding carboxylic acids is 1. The molecule has 0 radical (unpaired) electrons. The van der Waals surface area contributed by atoms with E-state index in [1.54, 1.807) is 11.0 Å². The van der Waals surface area contributed by atoms with E-state index < -0.39 is 14.9 Å². The second kappa shape index (κ2) is 8.42. The smallest absolute Gasteiger partial charge is 0.274 e. The van der Waals surface area contributed by atoms with Gasteiger partial charge in [-0.25, -0.2) is 8.42 Å². The topological polar surface area (TPSA) is 110 Å². The van der Waals surface area contributed by atoms with Crippen LogP contribution in [0, 0.1) is 17.0 Å². The van der Waals surface area contributed by atoms with Gasteiger partial charge in [0, 0.05) is 24.1 Å². The summed E-state index contributed by atoms with van der Waals surface area (Å²) in [5, 5.41) is 11.1. The predicted molar refractivity (Wildman–Crippen MR) is 112 cm³/mol. The van der Waals surface area contributed by atoms with Gasteiger partial charge in [-0.15, -0.1) is 11.8 Å². The molecule has 2 aromatic rings. The summed E-state index contributed by atoms with van der Waals surface area (Å²) >= 11 is 1.38. The first-order valence-corrected chi connectivity index (χ1v) is 11.7. The van der Waals surface area contributed by atoms with Crippen molar-refractivity contribution in [1.29, 1.82) is 0 Å². The van der Waals surface area contributed by atoms with Gasteiger partial charge in [-0.05, 0) is 50.3 Å². The van der Waals surface area contributed by atoms with Crippen molar-refractivity contribution in [2.75, 3.05) is 24.1 Å². The lowest BCUT2D eigenvalue weighted by molar-refractivity contribution is -0.385. The molecule has 0 saturated carbocycles. The summed E-state index contributed by atoms with van der Waals surface area (Å²) < 4.78 is 28.2. The molecule has 29 heavy (non-hydrogen) atoms. The van der Waals surface area contributed by atoms with Crippen molar-refractivity contribution in [3.8, 4) is 0 Å². The van der Waals surface area contributed by atoms with Crippen molar-refractivity contribution in [1.82, 2.24) is 4.90 Å². The quantitative estimate of drug-likeness (QED) is 0.421. The Kier molecular flexibility index (Phi) is 6.13. The minimum atomic E-state index is -4.04. The lowest BCUT2D eigenvalue weighted by atomic mass is 10.2. The molecular weight excluding hydrogens is 414 g/mol. The number of hydrogen-bond acceptors (Lipinski definition) is 6. The third-order valence-corrected chi connectivity index (χ3v) is 7.01. The summed E-state index contributed by atoms with van der Waals surface area (Å²) in [5.41, 5.74) is 0.515. The van der Waals surface area contributed by atoms with Crippen LogP contribution in [0.3, 0.4) is 0 Å². The Labute approximate surface area is 173 Å². The van der Waals surface area contributed by atoms with E-state index in [4.69, 9.17) is 0 Å². The molecule has 1 saturated heterocycles. The van der Waals surface area contributed by atoms with Crippen LogP contribution in [0.15, 0.2) is 46.2 Å². The molecule has 1 heterocycles. The zero-order valence-corrected chi connectivity index (χ0v) is 17.7. The van der Waals surface area contributed by atoms with E-state index in [0.717, 1.165) is 12.8 Å². The van der Waals surface area contributed by atoms with Crippen LogP contribution in [-0.2, 0) is 10.0 Å². The second-order valence-corrected chi connectivity index (χ2v) is 9.20. The number of sulfonamides is 1. The standard InChI is InChI=1S/C19H21N3O5S2/c1-13-16(6-5-7-17(13)22(24)25)20-29(26,27)14-8-9-18(28-2)15(12-14)19(23)21-10-3-4-11-21/h5-9,12,20H,3-4,10-11H2,1-2H3. The zero-order valence-electron chi connectivity index (χ0n) is 16.0. The fourth-order valence-corrected chi connectivity index (χ4v) is 4.97. The number of nitrogens with zero attached hydrogens (tertiary/aromatic N) is 2. The van der Waals surface area contributed by atoms with Gasteiger partial charge in [0.05, 0.1) is 26.6 Å². The SMILES string of the molecule is CSc1ccc(S(=O)(=O)Nc2cccc([N+](=O)[O-])c2C)cc1C(=O)N1CCCC1. The van der Waals surface area contributed by atoms with Crippen molar-refractivity contribution in [3.05, 3.63) is 57.6 Å². The highest BCUT2D eigenvalue weighted by molar-refractivity contribution is 7.98. The third-order valence-electron chi connectivity index (χ3n) is 4.85. The summed E-state index contributed by atoms with van der Waals surface area (Å²) in [7, 11) is -4.04. The minimum absolute atomic E-state index is 0.0660. The molecule has 0 atom stereocenters. The summed E-state index contributed by atoms with van der Waals surface area (Å²) in [6.07, 6.45) is 3.70. The van der Waals surface area contributed by atoms with Crippen LogP contribution in [0.4, 0.5) is 11.4 Å². The number of likely N-dealkylation sites (tertiary alicyclic amines) is 1. The predicted octanol–water partition coefficient (Wildman–Crippen LogP) is 3.66. The Bertz CT molecular complexity index is 1060. The highest BCUT2D eigenvalue weighted by Gasteiger charge is 2.25. The Morgan fingerprint density at radius 1 is 1.21 bits per heavy atom. The molecule has 0 aliphatic carbocycles. The van der Waals surface area contributed by atoms with Crippen LogP contribution < -0.4 is 4.72 Å². The summed E-state index contributed by atoms with van der Waals surface area (Å²) in [4.78, 5) is 25.8. The first-order chi connectivity index (χ1) is 13.7. The fourth-order valence-electron chi connectivity index (χ4n) is 3.25. The van der Waals surface area contributed by atoms with Crippen LogP contribution in [0.25, 0.3) is 0 Å². The van der Waals surface area contributed by atoms with Crippen molar-refractivity contribution in [2.45, 2.75) is 29.6 Å². The maximum Gasteiger partial charge on any atom is 0.274 e. The normalized spacial score (nSPS) is 14.1. The molecular formula is C19H21N3O5S2. The highest BCUT2D eigenvalue weighted by atomic mass is 32.2. The number of nitro benzene ring substituents is 1. The van der Waals surface area contributed by atoms with E-state index in [1.807, 2.05) is 6.26 Å². The summed E-state index contributed by atoms with van der Waals surface area (Å²) in [6, 6.07) is 8.62. The van der Waals surface area contributed by atoms with Gasteiger partial charge in [0.25, 0.3) is 21.6 Å². The van der Waals surface area contributed by atoms with Crippen LogP contribution >= 0.6 is 11.8 Å². The molecule has 2 aromatic carbocycles. The maximum atomic E-state index is 12.9. The average molecular weight is 436 g/mol. The van der Waals surface area contributed by atoms with Crippen LogP contribution in [0.1, 0.15) is 28.8 Å². The molecule has 0 unspecified atom stereocenters. The molecule has 1 aliphatic rings. The maximum absolute atomic E-state index is 12.9. The van der Waals surface area contributed by atoms with Crippen LogP contribution in [-0.4, -0.2) is 43.5 Å². The zero-order chi connectivity index (χ0) is 21.2. The molecule has 1 amide bonds. The van der Waals surface area contributed by atoms with Gasteiger partial charge in [0.2, 0.25) is 0 Å². The highest BCUT2D eigenvalue weighted by Crippen LogP contribution is 2.30. The molecule has 0 aromatic heterocycles. The molecule has 154 valence electrons. The molecule has 1 aliphatic heterocycles. The van der Waals surface area contributed by atoms with E-state index in [-0.39, 0.29) is 27.7 Å². The number of benzene rings is 2. The van der Waals surface area contributed by atoms with E-state index >= 15 is 0 Å². The monoisotopic (exact) mass is 435 g/mol. The second-order valence-electron chi connectivity index (χ2n) is 6.67. The number of amides is 1. The van der Waals surface area contributed by atoms with E-state index in [2.05, 4.69) is 4.72 Å². The number of carbonyl (C=O) groups is 1. The lowest BCUT2D eigenvalue weighted by Gasteiger charge is -2.18. The summed E-state index contributed by atoms with van der Waals surface area (Å²) in [5.74, 6) is -0.185.